The summed E-state index contributed by atoms with van der Waals surface area (Å²) in [6.07, 6.45) is 6.05. The van der Waals surface area contributed by atoms with Gasteiger partial charge in [-0.25, -0.2) is 4.39 Å². The zero-order valence-electron chi connectivity index (χ0n) is 11.9. The summed E-state index contributed by atoms with van der Waals surface area (Å²) < 4.78 is 19.9. The molecule has 2 nitrogen and oxygen atoms in total. The molecule has 1 aliphatic carbocycles. The number of hydrogen-bond acceptors (Lipinski definition) is 2. The highest BCUT2D eigenvalue weighted by atomic mass is 79.9. The SMILES string of the molecule is CCCC1CCC(CN)C(Oc2ccc(F)cc2Br)C1. The summed E-state index contributed by atoms with van der Waals surface area (Å²) in [5, 5.41) is 0. The molecule has 0 radical (unpaired) electrons. The standard InChI is InChI=1S/C16H23BrFNO/c1-2-3-11-4-5-12(10-19)16(8-11)20-15-7-6-13(18)9-14(15)17/h6-7,9,11-12,16H,2-5,8,10,19H2,1H3. The molecule has 1 aromatic carbocycles. The summed E-state index contributed by atoms with van der Waals surface area (Å²) in [6, 6.07) is 4.57. The number of hydrogen-bond donors (Lipinski definition) is 1. The first-order valence-electron chi connectivity index (χ1n) is 7.45. The number of rotatable bonds is 5. The third-order valence-electron chi connectivity index (χ3n) is 4.21. The van der Waals surface area contributed by atoms with Gasteiger partial charge < -0.3 is 10.5 Å². The summed E-state index contributed by atoms with van der Waals surface area (Å²) in [7, 11) is 0. The van der Waals surface area contributed by atoms with Crippen LogP contribution in [-0.4, -0.2) is 12.6 Å². The zero-order chi connectivity index (χ0) is 14.5. The minimum Gasteiger partial charge on any atom is -0.489 e. The third-order valence-corrected chi connectivity index (χ3v) is 4.83. The molecule has 0 aromatic heterocycles. The molecule has 0 heterocycles. The first-order valence-corrected chi connectivity index (χ1v) is 8.25. The molecule has 1 saturated carbocycles. The number of halogens is 2. The molecule has 3 atom stereocenters. The van der Waals surface area contributed by atoms with Crippen molar-refractivity contribution < 1.29 is 9.13 Å². The Morgan fingerprint density at radius 2 is 2.20 bits per heavy atom. The van der Waals surface area contributed by atoms with Crippen molar-refractivity contribution in [2.75, 3.05) is 6.54 Å². The molecule has 3 unspecified atom stereocenters. The Kier molecular flexibility index (Phi) is 5.85. The van der Waals surface area contributed by atoms with E-state index in [0.29, 0.717) is 22.7 Å². The lowest BCUT2D eigenvalue weighted by Gasteiger charge is -2.36. The minimum absolute atomic E-state index is 0.145. The smallest absolute Gasteiger partial charge is 0.134 e. The van der Waals surface area contributed by atoms with Crippen molar-refractivity contribution in [3.05, 3.63) is 28.5 Å². The average Bonchev–Trinajstić information content (AvgIpc) is 2.43. The molecule has 112 valence electrons. The average molecular weight is 344 g/mol. The fourth-order valence-electron chi connectivity index (χ4n) is 3.09. The second-order valence-corrected chi connectivity index (χ2v) is 6.55. The van der Waals surface area contributed by atoms with Crippen LogP contribution in [0.25, 0.3) is 0 Å². The van der Waals surface area contributed by atoms with Crippen molar-refractivity contribution in [1.29, 1.82) is 0 Å². The first-order chi connectivity index (χ1) is 9.63. The van der Waals surface area contributed by atoms with E-state index in [2.05, 4.69) is 22.9 Å². The largest absolute Gasteiger partial charge is 0.489 e. The zero-order valence-corrected chi connectivity index (χ0v) is 13.5. The van der Waals surface area contributed by atoms with E-state index in [1.165, 1.54) is 31.4 Å². The maximum absolute atomic E-state index is 13.1. The lowest BCUT2D eigenvalue weighted by Crippen LogP contribution is -2.38. The van der Waals surface area contributed by atoms with Crippen molar-refractivity contribution in [3.8, 4) is 5.75 Å². The fraction of sp³-hybridized carbons (Fsp3) is 0.625. The van der Waals surface area contributed by atoms with Crippen molar-refractivity contribution in [3.63, 3.8) is 0 Å². The van der Waals surface area contributed by atoms with Crippen LogP contribution >= 0.6 is 15.9 Å². The van der Waals surface area contributed by atoms with Crippen LogP contribution in [0.5, 0.6) is 5.75 Å². The van der Waals surface area contributed by atoms with Crippen molar-refractivity contribution in [2.24, 2.45) is 17.6 Å². The van der Waals surface area contributed by atoms with Crippen LogP contribution < -0.4 is 10.5 Å². The van der Waals surface area contributed by atoms with Gasteiger partial charge in [0.2, 0.25) is 0 Å². The van der Waals surface area contributed by atoms with Gasteiger partial charge in [-0.1, -0.05) is 19.8 Å². The van der Waals surface area contributed by atoms with Gasteiger partial charge in [0.05, 0.1) is 4.47 Å². The molecule has 1 aliphatic rings. The van der Waals surface area contributed by atoms with Crippen LogP contribution in [0.1, 0.15) is 39.0 Å². The molecule has 2 rings (SSSR count). The second kappa shape index (κ2) is 7.41. The Labute approximate surface area is 129 Å². The van der Waals surface area contributed by atoms with Gasteiger partial charge in [-0.05, 0) is 65.9 Å². The molecule has 4 heteroatoms. The Bertz CT molecular complexity index is 440. The van der Waals surface area contributed by atoms with Gasteiger partial charge in [0.1, 0.15) is 17.7 Å². The molecule has 0 aliphatic heterocycles. The maximum Gasteiger partial charge on any atom is 0.134 e. The van der Waals surface area contributed by atoms with E-state index in [1.807, 2.05) is 0 Å². The van der Waals surface area contributed by atoms with E-state index in [9.17, 15) is 4.39 Å². The minimum atomic E-state index is -0.257. The quantitative estimate of drug-likeness (QED) is 0.853. The van der Waals surface area contributed by atoms with E-state index in [-0.39, 0.29) is 11.9 Å². The highest BCUT2D eigenvalue weighted by Gasteiger charge is 2.31. The first kappa shape index (κ1) is 15.8. The fourth-order valence-corrected chi connectivity index (χ4v) is 3.54. The van der Waals surface area contributed by atoms with E-state index < -0.39 is 0 Å². The predicted molar refractivity (Wildman–Crippen MR) is 83.3 cm³/mol. The summed E-state index contributed by atoms with van der Waals surface area (Å²) in [6.45, 7) is 2.88. The summed E-state index contributed by atoms with van der Waals surface area (Å²) in [5.74, 6) is 1.59. The number of nitrogens with two attached hydrogens (primary N) is 1. The molecule has 0 saturated heterocycles. The molecule has 1 fully saturated rings. The Morgan fingerprint density at radius 3 is 2.85 bits per heavy atom. The molecule has 2 N–H and O–H groups in total. The summed E-state index contributed by atoms with van der Waals surface area (Å²) >= 11 is 3.37. The van der Waals surface area contributed by atoms with Gasteiger partial charge >= 0.3 is 0 Å². The van der Waals surface area contributed by atoms with Crippen LogP contribution in [0.4, 0.5) is 4.39 Å². The lowest BCUT2D eigenvalue weighted by molar-refractivity contribution is 0.0662. The van der Waals surface area contributed by atoms with Crippen molar-refractivity contribution >= 4 is 15.9 Å². The highest BCUT2D eigenvalue weighted by Crippen LogP contribution is 2.36. The Balaban J connectivity index is 2.07. The van der Waals surface area contributed by atoms with Gasteiger partial charge in [0.15, 0.2) is 0 Å². The maximum atomic E-state index is 13.1. The molecule has 0 amide bonds. The lowest BCUT2D eigenvalue weighted by atomic mass is 9.78. The monoisotopic (exact) mass is 343 g/mol. The number of benzene rings is 1. The summed E-state index contributed by atoms with van der Waals surface area (Å²) in [5.41, 5.74) is 5.88. The third kappa shape index (κ3) is 3.95. The summed E-state index contributed by atoms with van der Waals surface area (Å²) in [4.78, 5) is 0. The Morgan fingerprint density at radius 1 is 1.40 bits per heavy atom. The van der Waals surface area contributed by atoms with Gasteiger partial charge in [-0.3, -0.25) is 0 Å². The van der Waals surface area contributed by atoms with E-state index in [4.69, 9.17) is 10.5 Å². The van der Waals surface area contributed by atoms with Crippen LogP contribution in [0.2, 0.25) is 0 Å². The van der Waals surface area contributed by atoms with Gasteiger partial charge in [0, 0.05) is 5.92 Å². The van der Waals surface area contributed by atoms with Gasteiger partial charge in [-0.15, -0.1) is 0 Å². The Hall–Kier alpha value is -0.610. The molecular weight excluding hydrogens is 321 g/mol. The van der Waals surface area contributed by atoms with E-state index in [0.717, 1.165) is 18.8 Å². The van der Waals surface area contributed by atoms with Crippen molar-refractivity contribution in [1.82, 2.24) is 0 Å². The van der Waals surface area contributed by atoms with E-state index >= 15 is 0 Å². The molecule has 20 heavy (non-hydrogen) atoms. The highest BCUT2D eigenvalue weighted by molar-refractivity contribution is 9.10. The van der Waals surface area contributed by atoms with Crippen LogP contribution in [-0.2, 0) is 0 Å². The molecule has 0 bridgehead atoms. The van der Waals surface area contributed by atoms with Crippen molar-refractivity contribution in [2.45, 2.75) is 45.1 Å². The topological polar surface area (TPSA) is 35.2 Å². The molecule has 0 spiro atoms. The van der Waals surface area contributed by atoms with Gasteiger partial charge in [0.25, 0.3) is 0 Å². The van der Waals surface area contributed by atoms with Gasteiger partial charge in [-0.2, -0.15) is 0 Å². The van der Waals surface area contributed by atoms with E-state index in [1.54, 1.807) is 6.07 Å². The van der Waals surface area contributed by atoms with Crippen LogP contribution in [0.3, 0.4) is 0 Å². The normalized spacial score (nSPS) is 26.5. The van der Waals surface area contributed by atoms with Crippen LogP contribution in [0.15, 0.2) is 22.7 Å². The predicted octanol–water partition coefficient (Wildman–Crippen LogP) is 4.51. The van der Waals surface area contributed by atoms with Crippen LogP contribution in [0, 0.1) is 17.7 Å². The second-order valence-electron chi connectivity index (χ2n) is 5.69. The molecule has 1 aromatic rings. The number of ether oxygens (including phenoxy) is 1. The molecular formula is C16H23BrFNO.